The van der Waals surface area contributed by atoms with Crippen LogP contribution in [0.5, 0.6) is 5.75 Å². The highest BCUT2D eigenvalue weighted by Gasteiger charge is 2.12. The van der Waals surface area contributed by atoms with Gasteiger partial charge in [0.15, 0.2) is 5.96 Å². The van der Waals surface area contributed by atoms with Crippen molar-refractivity contribution < 1.29 is 4.74 Å². The third-order valence-corrected chi connectivity index (χ3v) is 4.28. The van der Waals surface area contributed by atoms with Gasteiger partial charge in [-0.2, -0.15) is 0 Å². The number of nitrogens with zero attached hydrogens (tertiary/aromatic N) is 3. The molecule has 144 valence electrons. The zero-order valence-electron chi connectivity index (χ0n) is 16.1. The van der Waals surface area contributed by atoms with E-state index in [1.165, 1.54) is 5.56 Å². The first-order valence-corrected chi connectivity index (χ1v) is 8.65. The molecule has 0 radical (unpaired) electrons. The summed E-state index contributed by atoms with van der Waals surface area (Å²) in [7, 11) is 3.45. The van der Waals surface area contributed by atoms with Crippen molar-refractivity contribution in [3.05, 3.63) is 65.6 Å². The van der Waals surface area contributed by atoms with E-state index in [4.69, 9.17) is 4.74 Å². The molecule has 1 unspecified atom stereocenters. The molecule has 0 amide bonds. The maximum atomic E-state index is 5.44. The van der Waals surface area contributed by atoms with Gasteiger partial charge in [0.1, 0.15) is 11.4 Å². The van der Waals surface area contributed by atoms with Crippen molar-refractivity contribution in [3.8, 4) is 5.75 Å². The zero-order chi connectivity index (χ0) is 18.5. The molecular formula is C20H26IN5O. The van der Waals surface area contributed by atoms with E-state index in [9.17, 15) is 0 Å². The summed E-state index contributed by atoms with van der Waals surface area (Å²) in [5.74, 6) is 1.58. The van der Waals surface area contributed by atoms with Crippen molar-refractivity contribution in [1.29, 1.82) is 0 Å². The van der Waals surface area contributed by atoms with E-state index in [1.807, 2.05) is 41.1 Å². The minimum Gasteiger partial charge on any atom is -0.496 e. The molecule has 0 fully saturated rings. The summed E-state index contributed by atoms with van der Waals surface area (Å²) in [6, 6.07) is 12.2. The first kappa shape index (κ1) is 21.0. The number of aromatic nitrogens is 2. The van der Waals surface area contributed by atoms with Crippen molar-refractivity contribution in [2.24, 2.45) is 4.99 Å². The van der Waals surface area contributed by atoms with E-state index in [1.54, 1.807) is 14.2 Å². The van der Waals surface area contributed by atoms with Gasteiger partial charge in [-0.3, -0.25) is 4.99 Å². The average molecular weight is 479 g/mol. The molecule has 0 saturated carbocycles. The lowest BCUT2D eigenvalue weighted by atomic mass is 10.1. The van der Waals surface area contributed by atoms with Crippen LogP contribution in [0, 0.1) is 6.92 Å². The van der Waals surface area contributed by atoms with Crippen LogP contribution >= 0.6 is 24.0 Å². The minimum absolute atomic E-state index is 0. The molecule has 1 atom stereocenters. The van der Waals surface area contributed by atoms with Gasteiger partial charge < -0.3 is 19.8 Å². The molecule has 6 nitrogen and oxygen atoms in total. The average Bonchev–Trinajstić information content (AvgIpc) is 3.06. The van der Waals surface area contributed by atoms with E-state index < -0.39 is 0 Å². The summed E-state index contributed by atoms with van der Waals surface area (Å²) in [4.78, 5) is 8.95. The molecule has 3 rings (SSSR count). The monoisotopic (exact) mass is 479 g/mol. The molecule has 0 aliphatic rings. The predicted octanol–water partition coefficient (Wildman–Crippen LogP) is 3.70. The molecule has 3 aromatic rings. The van der Waals surface area contributed by atoms with Gasteiger partial charge in [0.25, 0.3) is 0 Å². The second kappa shape index (κ2) is 9.59. The molecular weight excluding hydrogens is 453 g/mol. The smallest absolute Gasteiger partial charge is 0.191 e. The number of nitrogens with one attached hydrogen (secondary N) is 2. The molecule has 2 aromatic heterocycles. The fourth-order valence-corrected chi connectivity index (χ4v) is 2.90. The van der Waals surface area contributed by atoms with Gasteiger partial charge >= 0.3 is 0 Å². The van der Waals surface area contributed by atoms with E-state index >= 15 is 0 Å². The minimum atomic E-state index is 0. The second-order valence-electron chi connectivity index (χ2n) is 6.24. The maximum Gasteiger partial charge on any atom is 0.191 e. The van der Waals surface area contributed by atoms with Gasteiger partial charge in [0, 0.05) is 25.0 Å². The van der Waals surface area contributed by atoms with E-state index in [2.05, 4.69) is 46.6 Å². The van der Waals surface area contributed by atoms with Crippen molar-refractivity contribution >= 4 is 35.6 Å². The molecule has 2 heterocycles. The van der Waals surface area contributed by atoms with E-state index in [-0.39, 0.29) is 30.0 Å². The van der Waals surface area contributed by atoms with Crippen LogP contribution in [-0.2, 0) is 6.54 Å². The third-order valence-electron chi connectivity index (χ3n) is 4.28. The van der Waals surface area contributed by atoms with E-state index in [0.717, 1.165) is 28.6 Å². The van der Waals surface area contributed by atoms with Crippen molar-refractivity contribution in [2.75, 3.05) is 14.2 Å². The summed E-state index contributed by atoms with van der Waals surface area (Å²) < 4.78 is 7.47. The van der Waals surface area contributed by atoms with Crippen molar-refractivity contribution in [3.63, 3.8) is 0 Å². The predicted molar refractivity (Wildman–Crippen MR) is 120 cm³/mol. The number of benzene rings is 1. The Morgan fingerprint density at radius 2 is 2.07 bits per heavy atom. The Balaban J connectivity index is 0.00000261. The number of aryl methyl sites for hydroxylation is 1. The summed E-state index contributed by atoms with van der Waals surface area (Å²) in [5, 5.41) is 6.72. The second-order valence-corrected chi connectivity index (χ2v) is 6.24. The van der Waals surface area contributed by atoms with Gasteiger partial charge in [0.2, 0.25) is 0 Å². The van der Waals surface area contributed by atoms with Crippen molar-refractivity contribution in [1.82, 2.24) is 20.0 Å². The lowest BCUT2D eigenvalue weighted by molar-refractivity contribution is 0.405. The zero-order valence-corrected chi connectivity index (χ0v) is 18.4. The van der Waals surface area contributed by atoms with Crippen LogP contribution in [0.25, 0.3) is 5.65 Å². The number of hydrogen-bond donors (Lipinski definition) is 2. The summed E-state index contributed by atoms with van der Waals surface area (Å²) in [6.45, 7) is 4.75. The summed E-state index contributed by atoms with van der Waals surface area (Å²) >= 11 is 0. The van der Waals surface area contributed by atoms with Gasteiger partial charge in [-0.1, -0.05) is 18.2 Å². The van der Waals surface area contributed by atoms with Crippen LogP contribution in [0.4, 0.5) is 0 Å². The lowest BCUT2D eigenvalue weighted by Crippen LogP contribution is -2.38. The Hall–Kier alpha value is -2.29. The van der Waals surface area contributed by atoms with Gasteiger partial charge in [-0.15, -0.1) is 24.0 Å². The van der Waals surface area contributed by atoms with Crippen LogP contribution in [0.1, 0.15) is 29.8 Å². The number of guanidine groups is 1. The van der Waals surface area contributed by atoms with Crippen molar-refractivity contribution in [2.45, 2.75) is 26.4 Å². The standard InChI is InChI=1S/C20H25N5O.HI/c1-14-9-10-25-13-16(24-19(25)11-14)12-22-20(21-3)23-15(2)17-7-5-6-8-18(17)26-4;/h5-11,13,15H,12H2,1-4H3,(H2,21,22,23);1H. The number of fused-ring (bicyclic) bond motifs is 1. The SMILES string of the molecule is CN=C(NCc1cn2ccc(C)cc2n1)NC(C)c1ccccc1OC.I. The molecule has 0 bridgehead atoms. The van der Waals surface area contributed by atoms with Gasteiger partial charge in [-0.05, 0) is 37.6 Å². The molecule has 7 heteroatoms. The quantitative estimate of drug-likeness (QED) is 0.333. The molecule has 27 heavy (non-hydrogen) atoms. The third kappa shape index (κ3) is 5.12. The number of methoxy groups -OCH3 is 1. The Morgan fingerprint density at radius 1 is 1.30 bits per heavy atom. The Labute approximate surface area is 177 Å². The van der Waals surface area contributed by atoms with Crippen LogP contribution in [-0.4, -0.2) is 29.5 Å². The Kier molecular flexibility index (Phi) is 7.46. The highest BCUT2D eigenvalue weighted by molar-refractivity contribution is 14.0. The normalized spacial score (nSPS) is 12.4. The fraction of sp³-hybridized carbons (Fsp3) is 0.300. The lowest BCUT2D eigenvalue weighted by Gasteiger charge is -2.19. The van der Waals surface area contributed by atoms with Gasteiger partial charge in [-0.25, -0.2) is 4.98 Å². The highest BCUT2D eigenvalue weighted by atomic mass is 127. The number of imidazole rings is 1. The first-order valence-electron chi connectivity index (χ1n) is 8.65. The van der Waals surface area contributed by atoms with Gasteiger partial charge in [0.05, 0.1) is 25.4 Å². The van der Waals surface area contributed by atoms with Crippen LogP contribution in [0.15, 0.2) is 53.8 Å². The molecule has 0 spiro atoms. The number of para-hydroxylation sites is 1. The summed E-state index contributed by atoms with van der Waals surface area (Å²) in [5.41, 5.74) is 4.20. The van der Waals surface area contributed by atoms with E-state index in [0.29, 0.717) is 6.54 Å². The number of ether oxygens (including phenoxy) is 1. The highest BCUT2D eigenvalue weighted by Crippen LogP contribution is 2.24. The molecule has 0 saturated heterocycles. The molecule has 1 aromatic carbocycles. The number of hydrogen-bond acceptors (Lipinski definition) is 3. The number of pyridine rings is 1. The van der Waals surface area contributed by atoms with Crippen LogP contribution in [0.3, 0.4) is 0 Å². The fourth-order valence-electron chi connectivity index (χ4n) is 2.90. The maximum absolute atomic E-state index is 5.44. The summed E-state index contributed by atoms with van der Waals surface area (Å²) in [6.07, 6.45) is 4.05. The molecule has 0 aliphatic carbocycles. The van der Waals surface area contributed by atoms with Crippen LogP contribution in [0.2, 0.25) is 0 Å². The number of aliphatic imine (C=N–C) groups is 1. The first-order chi connectivity index (χ1) is 12.6. The van der Waals surface area contributed by atoms with Crippen LogP contribution < -0.4 is 15.4 Å². The topological polar surface area (TPSA) is 63.0 Å². The molecule has 0 aliphatic heterocycles. The molecule has 2 N–H and O–H groups in total. The number of halogens is 1. The largest absolute Gasteiger partial charge is 0.496 e. The Bertz CT molecular complexity index is 922. The number of rotatable bonds is 5. The Morgan fingerprint density at radius 3 is 2.81 bits per heavy atom.